The zero-order valence-corrected chi connectivity index (χ0v) is 12.4. The molecule has 2 amide bonds. The van der Waals surface area contributed by atoms with Crippen molar-refractivity contribution in [3.63, 3.8) is 0 Å². The van der Waals surface area contributed by atoms with Gasteiger partial charge in [0, 0.05) is 52.2 Å². The van der Waals surface area contributed by atoms with Gasteiger partial charge in [0.05, 0.1) is 11.9 Å². The Morgan fingerprint density at radius 2 is 2.43 bits per heavy atom. The first kappa shape index (κ1) is 13.7. The average molecular weight is 288 g/mol. The highest BCUT2D eigenvalue weighted by Gasteiger charge is 2.22. The Morgan fingerprint density at radius 3 is 3.19 bits per heavy atom. The molecule has 7 heteroatoms. The summed E-state index contributed by atoms with van der Waals surface area (Å²) >= 11 is 0. The molecule has 2 aromatic heterocycles. The van der Waals surface area contributed by atoms with Crippen LogP contribution in [0.25, 0.3) is 0 Å². The number of carbonyl (C=O) groups is 1. The molecule has 3 rings (SSSR count). The number of nitrogens with one attached hydrogen (secondary N) is 1. The smallest absolute Gasteiger partial charge is 0.321 e. The highest BCUT2D eigenvalue weighted by Crippen LogP contribution is 2.20. The lowest BCUT2D eigenvalue weighted by atomic mass is 9.97. The standard InChI is InChI=1S/C14H20N6O/c1-18(14(21)17-12-8-16-19(2)10-12)9-11-3-5-20-6-4-15-13(20)7-11/h4,6,8,10-11H,3,5,7,9H2,1-2H3,(H,17,21)/t11-/m1/s1. The van der Waals surface area contributed by atoms with Crippen molar-refractivity contribution in [3.05, 3.63) is 30.6 Å². The normalized spacial score (nSPS) is 17.3. The number of urea groups is 1. The van der Waals surface area contributed by atoms with Crippen LogP contribution in [0.5, 0.6) is 0 Å². The predicted molar refractivity (Wildman–Crippen MR) is 78.9 cm³/mol. The van der Waals surface area contributed by atoms with Gasteiger partial charge in [0.25, 0.3) is 0 Å². The summed E-state index contributed by atoms with van der Waals surface area (Å²) in [6, 6.07) is -0.100. The SMILES string of the molecule is CN(C[C@@H]1CCn2ccnc2C1)C(=O)Nc1cnn(C)c1. The minimum atomic E-state index is -0.100. The molecule has 1 aliphatic heterocycles. The maximum Gasteiger partial charge on any atom is 0.321 e. The van der Waals surface area contributed by atoms with Gasteiger partial charge in [0.1, 0.15) is 5.82 Å². The maximum absolute atomic E-state index is 12.1. The molecule has 1 aliphatic rings. The Morgan fingerprint density at radius 1 is 1.57 bits per heavy atom. The van der Waals surface area contributed by atoms with Crippen LogP contribution in [-0.2, 0) is 20.0 Å². The minimum Gasteiger partial charge on any atom is -0.335 e. The number of fused-ring (bicyclic) bond motifs is 1. The Bertz CT molecular complexity index is 631. The summed E-state index contributed by atoms with van der Waals surface area (Å²) in [7, 11) is 3.65. The molecule has 0 spiro atoms. The number of hydrogen-bond acceptors (Lipinski definition) is 3. The van der Waals surface area contributed by atoms with E-state index >= 15 is 0 Å². The van der Waals surface area contributed by atoms with Crippen LogP contribution in [0.2, 0.25) is 0 Å². The van der Waals surface area contributed by atoms with Gasteiger partial charge in [-0.15, -0.1) is 0 Å². The Kier molecular flexibility index (Phi) is 3.64. The van der Waals surface area contributed by atoms with Crippen LogP contribution in [0.3, 0.4) is 0 Å². The molecule has 0 radical (unpaired) electrons. The van der Waals surface area contributed by atoms with E-state index in [1.807, 2.05) is 26.5 Å². The first-order chi connectivity index (χ1) is 10.1. The van der Waals surface area contributed by atoms with E-state index in [0.29, 0.717) is 11.6 Å². The summed E-state index contributed by atoms with van der Waals surface area (Å²) in [5.74, 6) is 1.58. The molecule has 0 aromatic carbocycles. The van der Waals surface area contributed by atoms with Crippen molar-refractivity contribution in [2.75, 3.05) is 18.9 Å². The van der Waals surface area contributed by atoms with E-state index < -0.39 is 0 Å². The van der Waals surface area contributed by atoms with E-state index in [2.05, 4.69) is 20.0 Å². The second kappa shape index (κ2) is 5.59. The van der Waals surface area contributed by atoms with Crippen molar-refractivity contribution in [3.8, 4) is 0 Å². The monoisotopic (exact) mass is 288 g/mol. The highest BCUT2D eigenvalue weighted by atomic mass is 16.2. The molecule has 0 unspecified atom stereocenters. The van der Waals surface area contributed by atoms with Crippen molar-refractivity contribution in [2.24, 2.45) is 13.0 Å². The molecule has 1 atom stereocenters. The first-order valence-corrected chi connectivity index (χ1v) is 7.12. The second-order valence-corrected chi connectivity index (χ2v) is 5.61. The number of aryl methyl sites for hydroxylation is 2. The maximum atomic E-state index is 12.1. The topological polar surface area (TPSA) is 68.0 Å². The Hall–Kier alpha value is -2.31. The number of carbonyl (C=O) groups excluding carboxylic acids is 1. The summed E-state index contributed by atoms with van der Waals surface area (Å²) in [6.45, 7) is 1.72. The van der Waals surface area contributed by atoms with E-state index in [1.165, 1.54) is 0 Å². The van der Waals surface area contributed by atoms with Crippen LogP contribution in [-0.4, -0.2) is 43.9 Å². The average Bonchev–Trinajstić information content (AvgIpc) is 3.07. The quantitative estimate of drug-likeness (QED) is 0.927. The van der Waals surface area contributed by atoms with Crippen molar-refractivity contribution < 1.29 is 4.79 Å². The third kappa shape index (κ3) is 3.07. The molecule has 0 saturated heterocycles. The zero-order valence-electron chi connectivity index (χ0n) is 12.4. The fraction of sp³-hybridized carbons (Fsp3) is 0.500. The molecule has 1 N–H and O–H groups in total. The molecular formula is C14H20N6O. The summed E-state index contributed by atoms with van der Waals surface area (Å²) in [5, 5.41) is 6.89. The second-order valence-electron chi connectivity index (χ2n) is 5.61. The number of aromatic nitrogens is 4. The third-order valence-corrected chi connectivity index (χ3v) is 3.89. The summed E-state index contributed by atoms with van der Waals surface area (Å²) in [5.41, 5.74) is 0.716. The minimum absolute atomic E-state index is 0.100. The van der Waals surface area contributed by atoms with E-state index in [0.717, 1.165) is 31.8 Å². The number of amides is 2. The number of nitrogens with zero attached hydrogens (tertiary/aromatic N) is 5. The molecule has 0 saturated carbocycles. The number of hydrogen-bond donors (Lipinski definition) is 1. The predicted octanol–water partition coefficient (Wildman–Crippen LogP) is 1.34. The van der Waals surface area contributed by atoms with Crippen LogP contribution in [0.4, 0.5) is 10.5 Å². The third-order valence-electron chi connectivity index (χ3n) is 3.89. The summed E-state index contributed by atoms with van der Waals surface area (Å²) < 4.78 is 3.85. The van der Waals surface area contributed by atoms with Crippen molar-refractivity contribution in [1.82, 2.24) is 24.2 Å². The van der Waals surface area contributed by atoms with Crippen LogP contribution in [0.1, 0.15) is 12.2 Å². The molecule has 112 valence electrons. The van der Waals surface area contributed by atoms with Crippen molar-refractivity contribution in [2.45, 2.75) is 19.4 Å². The van der Waals surface area contributed by atoms with E-state index in [9.17, 15) is 4.79 Å². The van der Waals surface area contributed by atoms with Gasteiger partial charge in [0.15, 0.2) is 0 Å². The van der Waals surface area contributed by atoms with Gasteiger partial charge >= 0.3 is 6.03 Å². The fourth-order valence-electron chi connectivity index (χ4n) is 2.75. The fourth-order valence-corrected chi connectivity index (χ4v) is 2.75. The van der Waals surface area contributed by atoms with Gasteiger partial charge in [-0.25, -0.2) is 9.78 Å². The van der Waals surface area contributed by atoms with Gasteiger partial charge in [-0.2, -0.15) is 5.10 Å². The first-order valence-electron chi connectivity index (χ1n) is 7.12. The number of anilines is 1. The molecule has 21 heavy (non-hydrogen) atoms. The van der Waals surface area contributed by atoms with Crippen LogP contribution in [0.15, 0.2) is 24.8 Å². The number of imidazole rings is 1. The zero-order chi connectivity index (χ0) is 14.8. The lowest BCUT2D eigenvalue weighted by molar-refractivity contribution is 0.207. The molecule has 0 aliphatic carbocycles. The molecule has 0 fully saturated rings. The van der Waals surface area contributed by atoms with Crippen LogP contribution >= 0.6 is 0 Å². The van der Waals surface area contributed by atoms with Gasteiger partial charge in [-0.05, 0) is 12.3 Å². The molecule has 3 heterocycles. The lowest BCUT2D eigenvalue weighted by Gasteiger charge is -2.27. The van der Waals surface area contributed by atoms with E-state index in [4.69, 9.17) is 0 Å². The Labute approximate surface area is 123 Å². The molecule has 7 nitrogen and oxygen atoms in total. The summed E-state index contributed by atoms with van der Waals surface area (Å²) in [6.07, 6.45) is 9.29. The van der Waals surface area contributed by atoms with Crippen molar-refractivity contribution in [1.29, 1.82) is 0 Å². The molecular weight excluding hydrogens is 268 g/mol. The summed E-state index contributed by atoms with van der Waals surface area (Å²) in [4.78, 5) is 18.2. The van der Waals surface area contributed by atoms with Gasteiger partial charge < -0.3 is 14.8 Å². The molecule has 0 bridgehead atoms. The van der Waals surface area contributed by atoms with E-state index in [-0.39, 0.29) is 6.03 Å². The van der Waals surface area contributed by atoms with Gasteiger partial charge in [-0.3, -0.25) is 4.68 Å². The van der Waals surface area contributed by atoms with E-state index in [1.54, 1.807) is 22.0 Å². The largest absolute Gasteiger partial charge is 0.335 e. The highest BCUT2D eigenvalue weighted by molar-refractivity contribution is 5.88. The van der Waals surface area contributed by atoms with Crippen molar-refractivity contribution >= 4 is 11.7 Å². The number of rotatable bonds is 3. The Balaban J connectivity index is 1.54. The van der Waals surface area contributed by atoms with Crippen LogP contribution in [0, 0.1) is 5.92 Å². The van der Waals surface area contributed by atoms with Crippen LogP contribution < -0.4 is 5.32 Å². The lowest BCUT2D eigenvalue weighted by Crippen LogP contribution is -2.37. The van der Waals surface area contributed by atoms with Gasteiger partial charge in [-0.1, -0.05) is 0 Å². The molecule has 2 aromatic rings. The van der Waals surface area contributed by atoms with Gasteiger partial charge in [0.2, 0.25) is 0 Å².